The second-order valence-corrected chi connectivity index (χ2v) is 9.17. The molecule has 0 N–H and O–H groups in total. The van der Waals surface area contributed by atoms with Crippen molar-refractivity contribution in [3.05, 3.63) is 33.7 Å². The van der Waals surface area contributed by atoms with Crippen LogP contribution in [0.1, 0.15) is 31.4 Å². The molecule has 2 aromatic rings. The van der Waals surface area contributed by atoms with Crippen molar-refractivity contribution in [1.29, 1.82) is 0 Å². The van der Waals surface area contributed by atoms with Crippen molar-refractivity contribution in [2.75, 3.05) is 31.2 Å². The van der Waals surface area contributed by atoms with Gasteiger partial charge in [0.25, 0.3) is 5.91 Å². The van der Waals surface area contributed by atoms with E-state index in [0.717, 1.165) is 53.9 Å². The fraction of sp³-hybridized carbons (Fsp3) is 0.524. The van der Waals surface area contributed by atoms with Crippen LogP contribution in [0.4, 0.5) is 0 Å². The number of aryl methyl sites for hydroxylation is 2. The molecule has 0 bridgehead atoms. The summed E-state index contributed by atoms with van der Waals surface area (Å²) in [6, 6.07) is 3.30. The summed E-state index contributed by atoms with van der Waals surface area (Å²) in [4.78, 5) is 26.4. The van der Waals surface area contributed by atoms with Crippen LogP contribution in [0.25, 0.3) is 11.0 Å². The lowest BCUT2D eigenvalue weighted by atomic mass is 9.92. The van der Waals surface area contributed by atoms with E-state index in [0.29, 0.717) is 17.1 Å². The summed E-state index contributed by atoms with van der Waals surface area (Å²) in [6.07, 6.45) is 1.59. The second kappa shape index (κ2) is 7.35. The summed E-state index contributed by atoms with van der Waals surface area (Å²) in [7, 11) is 0. The summed E-state index contributed by atoms with van der Waals surface area (Å²) in [5, 5.41) is 0.739. The van der Waals surface area contributed by atoms with Crippen molar-refractivity contribution in [3.63, 3.8) is 0 Å². The van der Waals surface area contributed by atoms with E-state index >= 15 is 0 Å². The Morgan fingerprint density at radius 2 is 2.04 bits per heavy atom. The molecule has 1 amide bonds. The van der Waals surface area contributed by atoms with Crippen molar-refractivity contribution in [3.8, 4) is 11.5 Å². The quantitative estimate of drug-likeness (QED) is 0.734. The summed E-state index contributed by atoms with van der Waals surface area (Å²) in [5.41, 5.74) is 1.48. The highest BCUT2D eigenvalue weighted by Crippen LogP contribution is 2.42. The molecule has 0 unspecified atom stereocenters. The van der Waals surface area contributed by atoms with Gasteiger partial charge in [-0.15, -0.1) is 0 Å². The van der Waals surface area contributed by atoms with Crippen LogP contribution in [-0.4, -0.2) is 47.6 Å². The van der Waals surface area contributed by atoms with E-state index in [9.17, 15) is 9.59 Å². The molecule has 1 saturated heterocycles. The van der Waals surface area contributed by atoms with Crippen LogP contribution in [0.5, 0.6) is 11.5 Å². The molecule has 0 aliphatic carbocycles. The zero-order valence-corrected chi connectivity index (χ0v) is 17.3. The molecule has 2 aliphatic rings. The molecule has 0 atom stereocenters. The smallest absolute Gasteiger partial charge is 0.336 e. The van der Waals surface area contributed by atoms with Crippen LogP contribution in [0.15, 0.2) is 21.3 Å². The van der Waals surface area contributed by atoms with Gasteiger partial charge in [-0.25, -0.2) is 4.79 Å². The zero-order valence-electron chi connectivity index (χ0n) is 16.5. The molecule has 6 nitrogen and oxygen atoms in total. The first kappa shape index (κ1) is 19.2. The van der Waals surface area contributed by atoms with Crippen LogP contribution in [0.2, 0.25) is 0 Å². The molecular weight excluding hydrogens is 378 g/mol. The van der Waals surface area contributed by atoms with Crippen LogP contribution >= 0.6 is 11.8 Å². The number of carbonyl (C=O) groups excluding carboxylic acids is 1. The summed E-state index contributed by atoms with van der Waals surface area (Å²) >= 11 is 1.86. The number of ether oxygens (including phenoxy) is 2. The molecule has 0 saturated carbocycles. The van der Waals surface area contributed by atoms with Gasteiger partial charge in [-0.05, 0) is 39.2 Å². The Balaban J connectivity index is 1.71. The number of thioether (sulfide) groups is 1. The number of benzene rings is 1. The highest BCUT2D eigenvalue weighted by Gasteiger charge is 2.30. The van der Waals surface area contributed by atoms with Gasteiger partial charge in [0.2, 0.25) is 0 Å². The molecular formula is C21H25NO5S. The van der Waals surface area contributed by atoms with Crippen molar-refractivity contribution in [1.82, 2.24) is 4.90 Å². The maximum atomic E-state index is 12.5. The highest BCUT2D eigenvalue weighted by molar-refractivity contribution is 7.99. The van der Waals surface area contributed by atoms with Gasteiger partial charge < -0.3 is 18.8 Å². The Morgan fingerprint density at radius 3 is 2.79 bits per heavy atom. The van der Waals surface area contributed by atoms with Crippen LogP contribution in [0.3, 0.4) is 0 Å². The van der Waals surface area contributed by atoms with E-state index in [1.54, 1.807) is 0 Å². The van der Waals surface area contributed by atoms with Gasteiger partial charge in [0.05, 0.1) is 5.39 Å². The predicted octanol–water partition coefficient (Wildman–Crippen LogP) is 3.16. The molecule has 1 aromatic heterocycles. The topological polar surface area (TPSA) is 69.0 Å². The van der Waals surface area contributed by atoms with Gasteiger partial charge in [0.1, 0.15) is 22.7 Å². The van der Waals surface area contributed by atoms with Gasteiger partial charge >= 0.3 is 5.63 Å². The minimum absolute atomic E-state index is 0.0255. The summed E-state index contributed by atoms with van der Waals surface area (Å²) < 4.78 is 17.6. The van der Waals surface area contributed by atoms with Gasteiger partial charge in [-0.3, -0.25) is 4.79 Å². The number of fused-ring (bicyclic) bond motifs is 3. The largest absolute Gasteiger partial charge is 0.487 e. The normalized spacial score (nSPS) is 18.5. The van der Waals surface area contributed by atoms with Crippen LogP contribution in [-0.2, 0) is 11.2 Å². The van der Waals surface area contributed by atoms with Crippen molar-refractivity contribution in [2.24, 2.45) is 0 Å². The van der Waals surface area contributed by atoms with Crippen molar-refractivity contribution < 1.29 is 18.7 Å². The van der Waals surface area contributed by atoms with E-state index in [2.05, 4.69) is 0 Å². The maximum Gasteiger partial charge on any atom is 0.336 e. The van der Waals surface area contributed by atoms with E-state index in [4.69, 9.17) is 13.9 Å². The van der Waals surface area contributed by atoms with Gasteiger partial charge in [-0.2, -0.15) is 11.8 Å². The lowest BCUT2D eigenvalue weighted by Gasteiger charge is -2.33. The Bertz CT molecular complexity index is 975. The zero-order chi connectivity index (χ0) is 19.9. The molecule has 28 heavy (non-hydrogen) atoms. The molecule has 0 radical (unpaired) electrons. The lowest BCUT2D eigenvalue weighted by Crippen LogP contribution is -2.40. The third-order valence-electron chi connectivity index (χ3n) is 5.32. The van der Waals surface area contributed by atoms with E-state index in [1.165, 1.54) is 6.07 Å². The van der Waals surface area contributed by atoms with Gasteiger partial charge in [0.15, 0.2) is 6.61 Å². The maximum absolute atomic E-state index is 12.5. The summed E-state index contributed by atoms with van der Waals surface area (Å²) in [6.45, 7) is 7.39. The van der Waals surface area contributed by atoms with E-state index in [1.807, 2.05) is 43.5 Å². The third-order valence-corrected chi connectivity index (χ3v) is 6.26. The number of hydrogen-bond acceptors (Lipinski definition) is 6. The molecule has 7 heteroatoms. The van der Waals surface area contributed by atoms with E-state index in [-0.39, 0.29) is 18.1 Å². The van der Waals surface area contributed by atoms with Crippen molar-refractivity contribution in [2.45, 2.75) is 39.2 Å². The molecule has 0 spiro atoms. The monoisotopic (exact) mass is 403 g/mol. The molecule has 4 rings (SSSR count). The van der Waals surface area contributed by atoms with Gasteiger partial charge in [0, 0.05) is 42.3 Å². The average molecular weight is 404 g/mol. The molecule has 1 fully saturated rings. The lowest BCUT2D eigenvalue weighted by molar-refractivity contribution is -0.132. The number of nitrogens with zero attached hydrogens (tertiary/aromatic N) is 1. The number of rotatable bonds is 3. The molecule has 1 aromatic carbocycles. The van der Waals surface area contributed by atoms with E-state index < -0.39 is 5.63 Å². The van der Waals surface area contributed by atoms with Crippen molar-refractivity contribution >= 4 is 28.6 Å². The average Bonchev–Trinajstić information content (AvgIpc) is 2.65. The number of amides is 1. The number of carbonyl (C=O) groups is 1. The highest BCUT2D eigenvalue weighted by atomic mass is 32.2. The fourth-order valence-electron chi connectivity index (χ4n) is 3.78. The molecule has 150 valence electrons. The predicted molar refractivity (Wildman–Crippen MR) is 110 cm³/mol. The first-order valence-corrected chi connectivity index (χ1v) is 10.8. The second-order valence-electron chi connectivity index (χ2n) is 7.95. The molecule has 2 aliphatic heterocycles. The minimum atomic E-state index is -0.393. The Hall–Kier alpha value is -2.15. The van der Waals surface area contributed by atoms with Crippen LogP contribution < -0.4 is 15.1 Å². The minimum Gasteiger partial charge on any atom is -0.487 e. The molecule has 3 heterocycles. The Morgan fingerprint density at radius 1 is 1.29 bits per heavy atom. The van der Waals surface area contributed by atoms with Crippen LogP contribution in [0, 0.1) is 6.92 Å². The fourth-order valence-corrected chi connectivity index (χ4v) is 4.68. The third kappa shape index (κ3) is 3.72. The Kier molecular flexibility index (Phi) is 5.04. The standard InChI is InChI=1S/C21H25NO5S/c1-13-10-18(24)26-20-14-4-5-21(2,3)27-15(14)11-16(19(13)20)25-12-17(23)22-6-8-28-9-7-22/h10-11H,4-9,12H2,1-3H3. The Labute approximate surface area is 168 Å². The first-order valence-electron chi connectivity index (χ1n) is 9.62. The SMILES string of the molecule is Cc1cc(=O)oc2c3c(cc(OCC(=O)N4CCSCC4)c12)OC(C)(C)CC3. The number of hydrogen-bond donors (Lipinski definition) is 0. The first-order chi connectivity index (χ1) is 13.3. The summed E-state index contributed by atoms with van der Waals surface area (Å²) in [5.74, 6) is 3.07. The van der Waals surface area contributed by atoms with Gasteiger partial charge in [-0.1, -0.05) is 0 Å².